The van der Waals surface area contributed by atoms with E-state index in [0.717, 1.165) is 19.3 Å². The molecule has 1 fully saturated rings. The van der Waals surface area contributed by atoms with Crippen LogP contribution in [0.15, 0.2) is 18.2 Å². The summed E-state index contributed by atoms with van der Waals surface area (Å²) in [4.78, 5) is 10.9. The van der Waals surface area contributed by atoms with Crippen molar-refractivity contribution in [3.8, 4) is 0 Å². The maximum atomic E-state index is 11.2. The van der Waals surface area contributed by atoms with Gasteiger partial charge in [-0.2, -0.15) is 0 Å². The Morgan fingerprint density at radius 1 is 1.37 bits per heavy atom. The van der Waals surface area contributed by atoms with Gasteiger partial charge in [0.05, 0.1) is 4.92 Å². The molecule has 1 unspecified atom stereocenters. The number of hydrogen-bond donors (Lipinski definition) is 2. The first-order chi connectivity index (χ1) is 8.93. The van der Waals surface area contributed by atoms with Crippen molar-refractivity contribution in [1.29, 1.82) is 0 Å². The van der Waals surface area contributed by atoms with Crippen molar-refractivity contribution in [2.24, 2.45) is 5.41 Å². The summed E-state index contributed by atoms with van der Waals surface area (Å²) in [6.07, 6.45) is 3.27. The first-order valence-electron chi connectivity index (χ1n) is 6.65. The largest absolute Gasteiger partial charge is 0.382 e. The van der Waals surface area contributed by atoms with Crippen LogP contribution in [-0.4, -0.2) is 18.0 Å². The molecular weight excluding hydrogens is 242 g/mol. The van der Waals surface area contributed by atoms with Crippen LogP contribution in [0.25, 0.3) is 0 Å². The van der Waals surface area contributed by atoms with Crippen LogP contribution in [-0.2, 0) is 0 Å². The van der Waals surface area contributed by atoms with Crippen molar-refractivity contribution < 1.29 is 4.92 Å². The van der Waals surface area contributed by atoms with E-state index < -0.39 is 0 Å². The van der Waals surface area contributed by atoms with E-state index in [0.29, 0.717) is 22.8 Å². The molecule has 0 bridgehead atoms. The van der Waals surface area contributed by atoms with E-state index in [1.165, 1.54) is 0 Å². The van der Waals surface area contributed by atoms with Crippen molar-refractivity contribution in [3.63, 3.8) is 0 Å². The number of nitrogens with zero attached hydrogens (tertiary/aromatic N) is 1. The monoisotopic (exact) mass is 263 g/mol. The third kappa shape index (κ3) is 2.97. The molecule has 0 heterocycles. The molecule has 1 aliphatic rings. The molecule has 0 radical (unpaired) electrons. The van der Waals surface area contributed by atoms with Crippen molar-refractivity contribution in [3.05, 3.63) is 28.3 Å². The zero-order valence-electron chi connectivity index (χ0n) is 11.7. The fourth-order valence-electron chi connectivity index (χ4n) is 2.84. The SMILES string of the molecule is CNc1cccc(NC2CCC(C)(C)C2)c1[N+](=O)[O-]. The molecule has 19 heavy (non-hydrogen) atoms. The van der Waals surface area contributed by atoms with E-state index in [9.17, 15) is 10.1 Å². The minimum atomic E-state index is -0.325. The summed E-state index contributed by atoms with van der Waals surface area (Å²) in [5, 5.41) is 17.4. The number of rotatable bonds is 4. The Bertz CT molecular complexity index is 486. The highest BCUT2D eigenvalue weighted by Crippen LogP contribution is 2.40. The number of nitrogens with one attached hydrogen (secondary N) is 2. The van der Waals surface area contributed by atoms with E-state index in [4.69, 9.17) is 0 Å². The highest BCUT2D eigenvalue weighted by Gasteiger charge is 2.32. The summed E-state index contributed by atoms with van der Waals surface area (Å²) in [6.45, 7) is 4.49. The lowest BCUT2D eigenvalue weighted by molar-refractivity contribution is -0.383. The van der Waals surface area contributed by atoms with Crippen LogP contribution < -0.4 is 10.6 Å². The van der Waals surface area contributed by atoms with Gasteiger partial charge in [-0.15, -0.1) is 0 Å². The normalized spacial score (nSPS) is 21.1. The zero-order chi connectivity index (χ0) is 14.0. The molecule has 2 N–H and O–H groups in total. The van der Waals surface area contributed by atoms with Crippen LogP contribution in [0.3, 0.4) is 0 Å². The third-order valence-corrected chi connectivity index (χ3v) is 3.82. The second kappa shape index (κ2) is 5.07. The summed E-state index contributed by atoms with van der Waals surface area (Å²) < 4.78 is 0. The minimum Gasteiger partial charge on any atom is -0.382 e. The number of anilines is 2. The van der Waals surface area contributed by atoms with Gasteiger partial charge in [-0.05, 0) is 36.8 Å². The topological polar surface area (TPSA) is 67.2 Å². The number of benzene rings is 1. The lowest BCUT2D eigenvalue weighted by Crippen LogP contribution is -2.18. The van der Waals surface area contributed by atoms with E-state index in [1.54, 1.807) is 19.2 Å². The molecule has 1 aliphatic carbocycles. The lowest BCUT2D eigenvalue weighted by Gasteiger charge is -2.19. The number of para-hydroxylation sites is 1. The van der Waals surface area contributed by atoms with Crippen LogP contribution in [0.5, 0.6) is 0 Å². The molecule has 0 aliphatic heterocycles. The minimum absolute atomic E-state index is 0.134. The van der Waals surface area contributed by atoms with Crippen molar-refractivity contribution in [2.75, 3.05) is 17.7 Å². The molecular formula is C14H21N3O2. The fraction of sp³-hybridized carbons (Fsp3) is 0.571. The molecule has 1 saturated carbocycles. The Kier molecular flexibility index (Phi) is 3.64. The average Bonchev–Trinajstić information content (AvgIpc) is 2.68. The second-order valence-electron chi connectivity index (χ2n) is 5.96. The molecule has 1 aromatic rings. The van der Waals surface area contributed by atoms with Gasteiger partial charge in [-0.3, -0.25) is 10.1 Å². The molecule has 1 aromatic carbocycles. The van der Waals surface area contributed by atoms with Crippen LogP contribution in [0, 0.1) is 15.5 Å². The zero-order valence-corrected chi connectivity index (χ0v) is 11.7. The number of nitro groups is 1. The van der Waals surface area contributed by atoms with Gasteiger partial charge in [0, 0.05) is 13.1 Å². The van der Waals surface area contributed by atoms with E-state index >= 15 is 0 Å². The van der Waals surface area contributed by atoms with Gasteiger partial charge in [-0.1, -0.05) is 19.9 Å². The first-order valence-corrected chi connectivity index (χ1v) is 6.65. The molecule has 1 atom stereocenters. The van der Waals surface area contributed by atoms with Gasteiger partial charge < -0.3 is 10.6 Å². The molecule has 0 aromatic heterocycles. The van der Waals surface area contributed by atoms with Gasteiger partial charge in [0.15, 0.2) is 0 Å². The van der Waals surface area contributed by atoms with Crippen LogP contribution in [0.4, 0.5) is 17.1 Å². The summed E-state index contributed by atoms with van der Waals surface area (Å²) in [5.41, 5.74) is 1.62. The highest BCUT2D eigenvalue weighted by atomic mass is 16.6. The van der Waals surface area contributed by atoms with Gasteiger partial charge in [0.2, 0.25) is 0 Å². The highest BCUT2D eigenvalue weighted by molar-refractivity contribution is 5.76. The van der Waals surface area contributed by atoms with Gasteiger partial charge in [0.25, 0.3) is 0 Å². The molecule has 5 heteroatoms. The lowest BCUT2D eigenvalue weighted by atomic mass is 9.92. The Balaban J connectivity index is 2.23. The average molecular weight is 263 g/mol. The summed E-state index contributed by atoms with van der Waals surface area (Å²) >= 11 is 0. The molecule has 0 spiro atoms. The second-order valence-corrected chi connectivity index (χ2v) is 5.96. The smallest absolute Gasteiger partial charge is 0.315 e. The van der Waals surface area contributed by atoms with Gasteiger partial charge >= 0.3 is 5.69 Å². The summed E-state index contributed by atoms with van der Waals surface area (Å²) in [6, 6.07) is 5.66. The van der Waals surface area contributed by atoms with Crippen LogP contribution in [0.2, 0.25) is 0 Å². The molecule has 104 valence electrons. The third-order valence-electron chi connectivity index (χ3n) is 3.82. The molecule has 5 nitrogen and oxygen atoms in total. The van der Waals surface area contributed by atoms with Gasteiger partial charge in [0.1, 0.15) is 11.4 Å². The predicted octanol–water partition coefficient (Wildman–Crippen LogP) is 3.63. The summed E-state index contributed by atoms with van der Waals surface area (Å²) in [7, 11) is 1.70. The Morgan fingerprint density at radius 2 is 2.05 bits per heavy atom. The first kappa shape index (κ1) is 13.6. The predicted molar refractivity (Wildman–Crippen MR) is 77.7 cm³/mol. The van der Waals surface area contributed by atoms with Crippen molar-refractivity contribution in [1.82, 2.24) is 0 Å². The molecule has 0 saturated heterocycles. The molecule has 0 amide bonds. The molecule has 2 rings (SSSR count). The van der Waals surface area contributed by atoms with E-state index in [1.807, 2.05) is 6.07 Å². The maximum absolute atomic E-state index is 11.2. The van der Waals surface area contributed by atoms with E-state index in [-0.39, 0.29) is 10.6 Å². The van der Waals surface area contributed by atoms with Crippen molar-refractivity contribution >= 4 is 17.1 Å². The Morgan fingerprint density at radius 3 is 2.58 bits per heavy atom. The number of nitro benzene ring substituents is 1. The summed E-state index contributed by atoms with van der Waals surface area (Å²) in [5.74, 6) is 0. The maximum Gasteiger partial charge on any atom is 0.315 e. The Hall–Kier alpha value is -1.78. The standard InChI is InChI=1S/C14H21N3O2/c1-14(2)8-7-10(9-14)16-12-6-4-5-11(15-3)13(12)17(18)19/h4-6,10,15-16H,7-9H2,1-3H3. The van der Waals surface area contributed by atoms with Crippen molar-refractivity contribution in [2.45, 2.75) is 39.2 Å². The Labute approximate surface area is 113 Å². The van der Waals surface area contributed by atoms with E-state index in [2.05, 4.69) is 24.5 Å². The quantitative estimate of drug-likeness (QED) is 0.643. The van der Waals surface area contributed by atoms with Gasteiger partial charge in [-0.25, -0.2) is 0 Å². The van der Waals surface area contributed by atoms with Crippen LogP contribution in [0.1, 0.15) is 33.1 Å². The fourth-order valence-corrected chi connectivity index (χ4v) is 2.84. The number of hydrogen-bond acceptors (Lipinski definition) is 4. The van der Waals surface area contributed by atoms with Crippen LogP contribution >= 0.6 is 0 Å².